The van der Waals surface area contributed by atoms with Crippen LogP contribution in [0.25, 0.3) is 0 Å². The number of carbonyl (C=O) groups excluding carboxylic acids is 2. The number of amides is 2. The van der Waals surface area contributed by atoms with Crippen LogP contribution in [-0.4, -0.2) is 25.0 Å². The van der Waals surface area contributed by atoms with E-state index in [0.29, 0.717) is 11.3 Å². The number of hydrogen-bond acceptors (Lipinski definition) is 3. The summed E-state index contributed by atoms with van der Waals surface area (Å²) in [6.45, 7) is 3.45. The summed E-state index contributed by atoms with van der Waals surface area (Å²) in [6.07, 6.45) is -4.51. The molecule has 2 aromatic carbocycles. The molecule has 0 heterocycles. The van der Waals surface area contributed by atoms with E-state index in [1.54, 1.807) is 38.1 Å². The molecule has 0 saturated carbocycles. The minimum absolute atomic E-state index is 0.00386. The molecule has 28 heavy (non-hydrogen) atoms. The van der Waals surface area contributed by atoms with Gasteiger partial charge >= 0.3 is 6.18 Å². The first kappa shape index (κ1) is 21.3. The summed E-state index contributed by atoms with van der Waals surface area (Å²) in [7, 11) is 1.50. The minimum Gasteiger partial charge on any atom is -0.497 e. The zero-order valence-electron chi connectivity index (χ0n) is 15.6. The Morgan fingerprint density at radius 1 is 1.04 bits per heavy atom. The molecule has 0 saturated heterocycles. The first-order valence-electron chi connectivity index (χ1n) is 8.55. The lowest BCUT2D eigenvalue weighted by Crippen LogP contribution is -2.47. The predicted octanol–water partition coefficient (Wildman–Crippen LogP) is 4.11. The molecule has 2 N–H and O–H groups in total. The number of anilines is 1. The fourth-order valence-corrected chi connectivity index (χ4v) is 2.50. The molecule has 1 atom stereocenters. The van der Waals surface area contributed by atoms with Crippen molar-refractivity contribution in [1.82, 2.24) is 5.32 Å². The van der Waals surface area contributed by atoms with Crippen LogP contribution in [0.4, 0.5) is 18.9 Å². The van der Waals surface area contributed by atoms with Crippen molar-refractivity contribution in [3.8, 4) is 5.75 Å². The molecule has 8 heteroatoms. The number of carbonyl (C=O) groups is 2. The highest BCUT2D eigenvalue weighted by Crippen LogP contribution is 2.30. The molecule has 2 amide bonds. The minimum atomic E-state index is -4.51. The van der Waals surface area contributed by atoms with Crippen molar-refractivity contribution in [2.75, 3.05) is 12.4 Å². The lowest BCUT2D eigenvalue weighted by Gasteiger charge is -2.22. The van der Waals surface area contributed by atoms with Crippen LogP contribution < -0.4 is 15.4 Å². The van der Waals surface area contributed by atoms with Gasteiger partial charge in [-0.25, -0.2) is 0 Å². The van der Waals surface area contributed by atoms with Gasteiger partial charge < -0.3 is 15.4 Å². The highest BCUT2D eigenvalue weighted by atomic mass is 19.4. The number of ether oxygens (including phenoxy) is 1. The Morgan fingerprint density at radius 3 is 2.21 bits per heavy atom. The quantitative estimate of drug-likeness (QED) is 0.775. The summed E-state index contributed by atoms with van der Waals surface area (Å²) in [4.78, 5) is 25.0. The van der Waals surface area contributed by atoms with Gasteiger partial charge in [-0.15, -0.1) is 0 Å². The molecule has 0 aliphatic rings. The number of nitrogens with one attached hydrogen (secondary N) is 2. The predicted molar refractivity (Wildman–Crippen MR) is 99.2 cm³/mol. The van der Waals surface area contributed by atoms with Gasteiger partial charge in [0.05, 0.1) is 12.7 Å². The zero-order valence-corrected chi connectivity index (χ0v) is 15.6. The number of rotatable bonds is 6. The summed E-state index contributed by atoms with van der Waals surface area (Å²) < 4.78 is 43.5. The maximum absolute atomic E-state index is 12.8. The van der Waals surface area contributed by atoms with Gasteiger partial charge in [-0.2, -0.15) is 13.2 Å². The van der Waals surface area contributed by atoms with E-state index >= 15 is 0 Å². The Morgan fingerprint density at radius 2 is 1.68 bits per heavy atom. The van der Waals surface area contributed by atoms with E-state index in [9.17, 15) is 22.8 Å². The van der Waals surface area contributed by atoms with Crippen molar-refractivity contribution in [2.24, 2.45) is 5.92 Å². The van der Waals surface area contributed by atoms with Crippen LogP contribution >= 0.6 is 0 Å². The van der Waals surface area contributed by atoms with Gasteiger partial charge in [0.2, 0.25) is 5.91 Å². The third kappa shape index (κ3) is 5.48. The molecule has 2 aromatic rings. The Labute approximate surface area is 160 Å². The molecule has 5 nitrogen and oxygen atoms in total. The van der Waals surface area contributed by atoms with Gasteiger partial charge in [0.1, 0.15) is 11.8 Å². The summed E-state index contributed by atoms with van der Waals surface area (Å²) in [5, 5.41) is 5.06. The van der Waals surface area contributed by atoms with Crippen molar-refractivity contribution >= 4 is 17.5 Å². The van der Waals surface area contributed by atoms with E-state index in [4.69, 9.17) is 4.74 Å². The second-order valence-electron chi connectivity index (χ2n) is 6.49. The van der Waals surface area contributed by atoms with Crippen molar-refractivity contribution in [3.05, 3.63) is 59.7 Å². The number of hydrogen-bond donors (Lipinski definition) is 2. The topological polar surface area (TPSA) is 67.4 Å². The first-order chi connectivity index (χ1) is 13.1. The summed E-state index contributed by atoms with van der Waals surface area (Å²) >= 11 is 0. The van der Waals surface area contributed by atoms with Crippen LogP contribution in [0.2, 0.25) is 0 Å². The van der Waals surface area contributed by atoms with Gasteiger partial charge in [0, 0.05) is 11.3 Å². The molecule has 0 spiro atoms. The number of halogens is 3. The third-order valence-corrected chi connectivity index (χ3v) is 4.05. The van der Waals surface area contributed by atoms with E-state index in [1.807, 2.05) is 0 Å². The maximum atomic E-state index is 12.8. The van der Waals surface area contributed by atoms with E-state index < -0.39 is 29.6 Å². The Bertz CT molecular complexity index is 833. The summed E-state index contributed by atoms with van der Waals surface area (Å²) in [5.41, 5.74) is -0.531. The maximum Gasteiger partial charge on any atom is 0.416 e. The van der Waals surface area contributed by atoms with Crippen molar-refractivity contribution < 1.29 is 27.5 Å². The molecule has 0 aliphatic carbocycles. The van der Waals surface area contributed by atoms with E-state index in [-0.39, 0.29) is 11.6 Å². The fourth-order valence-electron chi connectivity index (χ4n) is 2.50. The molecule has 0 aromatic heterocycles. The van der Waals surface area contributed by atoms with Gasteiger partial charge in [-0.1, -0.05) is 19.9 Å². The Balaban J connectivity index is 2.12. The second-order valence-corrected chi connectivity index (χ2v) is 6.49. The Hall–Kier alpha value is -3.03. The SMILES string of the molecule is COc1ccc(C(=O)N[C@@H](C(=O)Nc2cccc(C(F)(F)F)c2)C(C)C)cc1. The molecule has 0 radical (unpaired) electrons. The van der Waals surface area contributed by atoms with E-state index in [0.717, 1.165) is 12.1 Å². The monoisotopic (exact) mass is 394 g/mol. The van der Waals surface area contributed by atoms with Crippen LogP contribution in [0.1, 0.15) is 29.8 Å². The summed E-state index contributed by atoms with van der Waals surface area (Å²) in [6, 6.07) is 9.73. The average molecular weight is 394 g/mol. The van der Waals surface area contributed by atoms with Gasteiger partial charge in [-0.3, -0.25) is 9.59 Å². The third-order valence-electron chi connectivity index (χ3n) is 4.05. The van der Waals surface area contributed by atoms with Gasteiger partial charge in [0.25, 0.3) is 5.91 Å². The lowest BCUT2D eigenvalue weighted by atomic mass is 10.0. The highest BCUT2D eigenvalue weighted by molar-refractivity contribution is 6.01. The molecule has 0 fully saturated rings. The standard InChI is InChI=1S/C20H21F3N2O3/c1-12(2)17(25-18(26)13-7-9-16(28-3)10-8-13)19(27)24-15-6-4-5-14(11-15)20(21,22)23/h4-12,17H,1-3H3,(H,24,27)(H,25,26)/t17-/m1/s1. The number of alkyl halides is 3. The number of benzene rings is 2. The van der Waals surface area contributed by atoms with Crippen LogP contribution in [0, 0.1) is 5.92 Å². The van der Waals surface area contributed by atoms with Crippen molar-refractivity contribution in [3.63, 3.8) is 0 Å². The normalized spacial score (nSPS) is 12.4. The zero-order chi connectivity index (χ0) is 20.9. The lowest BCUT2D eigenvalue weighted by molar-refractivity contribution is -0.137. The fraction of sp³-hybridized carbons (Fsp3) is 0.300. The molecular formula is C20H21F3N2O3. The molecule has 0 bridgehead atoms. The van der Waals surface area contributed by atoms with Crippen LogP contribution in [0.3, 0.4) is 0 Å². The smallest absolute Gasteiger partial charge is 0.416 e. The Kier molecular flexibility index (Phi) is 6.66. The van der Waals surface area contributed by atoms with Gasteiger partial charge in [0.15, 0.2) is 0 Å². The van der Waals surface area contributed by atoms with E-state index in [2.05, 4.69) is 10.6 Å². The highest BCUT2D eigenvalue weighted by Gasteiger charge is 2.31. The first-order valence-corrected chi connectivity index (χ1v) is 8.55. The molecule has 150 valence electrons. The molecule has 0 unspecified atom stereocenters. The van der Waals surface area contributed by atoms with Crippen LogP contribution in [0.15, 0.2) is 48.5 Å². The molecule has 0 aliphatic heterocycles. The molecular weight excluding hydrogens is 373 g/mol. The van der Waals surface area contributed by atoms with Crippen molar-refractivity contribution in [1.29, 1.82) is 0 Å². The van der Waals surface area contributed by atoms with Crippen molar-refractivity contribution in [2.45, 2.75) is 26.1 Å². The number of methoxy groups -OCH3 is 1. The van der Waals surface area contributed by atoms with E-state index in [1.165, 1.54) is 19.2 Å². The van der Waals surface area contributed by atoms with Crippen LogP contribution in [-0.2, 0) is 11.0 Å². The van der Waals surface area contributed by atoms with Crippen LogP contribution in [0.5, 0.6) is 5.75 Å². The second kappa shape index (κ2) is 8.77. The average Bonchev–Trinajstić information content (AvgIpc) is 2.65. The largest absolute Gasteiger partial charge is 0.497 e. The molecule has 2 rings (SSSR count). The van der Waals surface area contributed by atoms with Gasteiger partial charge in [-0.05, 0) is 48.4 Å². The summed E-state index contributed by atoms with van der Waals surface area (Å²) in [5.74, 6) is -0.774.